The summed E-state index contributed by atoms with van der Waals surface area (Å²) >= 11 is 0. The highest BCUT2D eigenvalue weighted by molar-refractivity contribution is 6.36. The summed E-state index contributed by atoms with van der Waals surface area (Å²) in [5.41, 5.74) is 12.2. The van der Waals surface area contributed by atoms with Gasteiger partial charge in [-0.1, -0.05) is 159 Å². The zero-order valence-electron chi connectivity index (χ0n) is 29.9. The van der Waals surface area contributed by atoms with Crippen LogP contribution in [0.5, 0.6) is 0 Å². The summed E-state index contributed by atoms with van der Waals surface area (Å²) in [7, 11) is 0. The van der Waals surface area contributed by atoms with E-state index in [2.05, 4.69) is 186 Å². The summed E-state index contributed by atoms with van der Waals surface area (Å²) < 4.78 is 5.10. The Kier molecular flexibility index (Phi) is 6.16. The van der Waals surface area contributed by atoms with Gasteiger partial charge in [0.2, 0.25) is 0 Å². The third-order valence-electron chi connectivity index (χ3n) is 12.2. The van der Waals surface area contributed by atoms with Crippen molar-refractivity contribution in [3.63, 3.8) is 0 Å². The van der Waals surface area contributed by atoms with E-state index in [1.54, 1.807) is 0 Å². The Hall–Kier alpha value is -6.71. The number of allylic oxidation sites excluding steroid dienone is 5. The molecule has 0 saturated carbocycles. The highest BCUT2D eigenvalue weighted by Gasteiger charge is 2.36. The summed E-state index contributed by atoms with van der Waals surface area (Å²) in [5, 5.41) is 10.3. The number of para-hydroxylation sites is 2. The number of hydrogen-bond acceptors (Lipinski definition) is 1. The van der Waals surface area contributed by atoms with Gasteiger partial charge in [-0.2, -0.15) is 0 Å². The minimum absolute atomic E-state index is 0.196. The molecule has 10 aromatic rings. The first-order chi connectivity index (χ1) is 26.8. The maximum absolute atomic E-state index is 5.81. The normalized spacial score (nSPS) is 17.3. The van der Waals surface area contributed by atoms with Crippen LogP contribution in [-0.4, -0.2) is 14.8 Å². The molecule has 0 amide bonds. The fourth-order valence-corrected chi connectivity index (χ4v) is 9.90. The molecule has 254 valence electrons. The molecule has 0 bridgehead atoms. The van der Waals surface area contributed by atoms with Crippen LogP contribution in [0.3, 0.4) is 0 Å². The first kappa shape index (κ1) is 29.8. The summed E-state index contributed by atoms with van der Waals surface area (Å²) in [4.78, 5) is 5.81. The quantitative estimate of drug-likeness (QED) is 0.176. The van der Waals surface area contributed by atoms with Crippen LogP contribution in [0.1, 0.15) is 18.9 Å². The molecule has 3 nitrogen and oxygen atoms in total. The lowest BCUT2D eigenvalue weighted by molar-refractivity contribution is 0.538. The minimum Gasteiger partial charge on any atom is -0.307 e. The summed E-state index contributed by atoms with van der Waals surface area (Å²) in [5.74, 6) is 1.53. The molecule has 1 aliphatic heterocycles. The van der Waals surface area contributed by atoms with Crippen molar-refractivity contribution in [2.24, 2.45) is 16.8 Å². The lowest BCUT2D eigenvalue weighted by atomic mass is 9.77. The molecule has 0 spiro atoms. The van der Waals surface area contributed by atoms with Crippen molar-refractivity contribution < 1.29 is 0 Å². The third kappa shape index (κ3) is 3.93. The predicted octanol–water partition coefficient (Wildman–Crippen LogP) is 13.2. The molecular weight excluding hydrogens is 655 g/mol. The van der Waals surface area contributed by atoms with Crippen LogP contribution in [0.25, 0.3) is 87.5 Å². The fraction of sp³-hybridized carbons (Fsp3) is 0.0784. The molecule has 12 rings (SSSR count). The molecule has 0 radical (unpaired) electrons. The van der Waals surface area contributed by atoms with Crippen LogP contribution >= 0.6 is 0 Å². The van der Waals surface area contributed by atoms with E-state index in [0.29, 0.717) is 0 Å². The van der Waals surface area contributed by atoms with E-state index in [4.69, 9.17) is 4.99 Å². The van der Waals surface area contributed by atoms with Crippen molar-refractivity contribution >= 4 is 82.2 Å². The van der Waals surface area contributed by atoms with E-state index in [1.807, 2.05) is 0 Å². The number of nitrogens with zero attached hydrogens (tertiary/aromatic N) is 3. The van der Waals surface area contributed by atoms with Crippen molar-refractivity contribution in [1.29, 1.82) is 0 Å². The molecule has 1 aliphatic carbocycles. The van der Waals surface area contributed by atoms with Crippen molar-refractivity contribution in [2.75, 3.05) is 0 Å². The van der Waals surface area contributed by atoms with E-state index in [0.717, 1.165) is 23.5 Å². The van der Waals surface area contributed by atoms with Gasteiger partial charge in [0.15, 0.2) is 0 Å². The average molecular weight is 690 g/mol. The molecule has 0 saturated heterocycles. The summed E-state index contributed by atoms with van der Waals surface area (Å²) in [6.07, 6.45) is 10.1. The fourth-order valence-electron chi connectivity index (χ4n) is 9.90. The molecule has 3 aromatic heterocycles. The van der Waals surface area contributed by atoms with Crippen molar-refractivity contribution in [3.05, 3.63) is 181 Å². The lowest BCUT2D eigenvalue weighted by Gasteiger charge is -2.34. The van der Waals surface area contributed by atoms with Crippen molar-refractivity contribution in [3.8, 4) is 11.1 Å². The molecule has 2 aliphatic rings. The van der Waals surface area contributed by atoms with Crippen molar-refractivity contribution in [2.45, 2.75) is 13.3 Å². The molecule has 0 fully saturated rings. The van der Waals surface area contributed by atoms with Crippen LogP contribution < -0.4 is 0 Å². The molecule has 4 heterocycles. The van der Waals surface area contributed by atoms with Crippen molar-refractivity contribution in [1.82, 2.24) is 8.97 Å². The molecule has 3 heteroatoms. The van der Waals surface area contributed by atoms with Gasteiger partial charge in [-0.3, -0.25) is 4.57 Å². The van der Waals surface area contributed by atoms with E-state index in [9.17, 15) is 0 Å². The van der Waals surface area contributed by atoms with Gasteiger partial charge < -0.3 is 4.40 Å². The minimum atomic E-state index is 0.196. The van der Waals surface area contributed by atoms with Crippen LogP contribution in [-0.2, 0) is 0 Å². The van der Waals surface area contributed by atoms with Gasteiger partial charge >= 0.3 is 0 Å². The maximum Gasteiger partial charge on any atom is 0.118 e. The van der Waals surface area contributed by atoms with Gasteiger partial charge in [-0.25, -0.2) is 4.99 Å². The van der Waals surface area contributed by atoms with Gasteiger partial charge in [0.1, 0.15) is 5.84 Å². The molecule has 2 unspecified atom stereocenters. The lowest BCUT2D eigenvalue weighted by Crippen LogP contribution is -2.32. The van der Waals surface area contributed by atoms with Gasteiger partial charge in [0, 0.05) is 55.1 Å². The zero-order chi connectivity index (χ0) is 35.5. The van der Waals surface area contributed by atoms with Crippen LogP contribution in [0, 0.1) is 11.8 Å². The topological polar surface area (TPSA) is 21.7 Å². The second-order valence-electron chi connectivity index (χ2n) is 14.9. The molecule has 7 aromatic carbocycles. The number of rotatable bonds is 3. The summed E-state index contributed by atoms with van der Waals surface area (Å²) in [6.45, 7) is 2.33. The van der Waals surface area contributed by atoms with Gasteiger partial charge in [0.05, 0.1) is 33.3 Å². The first-order valence-electron chi connectivity index (χ1n) is 19.1. The average Bonchev–Trinajstić information content (AvgIpc) is 3.88. The van der Waals surface area contributed by atoms with Gasteiger partial charge in [0.25, 0.3) is 0 Å². The largest absolute Gasteiger partial charge is 0.307 e. The number of benzene rings is 7. The Morgan fingerprint density at radius 1 is 0.537 bits per heavy atom. The van der Waals surface area contributed by atoms with Crippen LogP contribution in [0.15, 0.2) is 180 Å². The highest BCUT2D eigenvalue weighted by Crippen LogP contribution is 2.49. The zero-order valence-corrected chi connectivity index (χ0v) is 29.9. The third-order valence-corrected chi connectivity index (χ3v) is 12.2. The molecular formula is C51H35N3. The molecule has 54 heavy (non-hydrogen) atoms. The van der Waals surface area contributed by atoms with E-state index < -0.39 is 0 Å². The van der Waals surface area contributed by atoms with E-state index in [1.165, 1.54) is 87.4 Å². The van der Waals surface area contributed by atoms with E-state index >= 15 is 0 Å². The Labute approximate surface area is 312 Å². The Balaban J connectivity index is 1.21. The van der Waals surface area contributed by atoms with Gasteiger partial charge in [-0.05, 0) is 46.7 Å². The number of aliphatic imine (C=N–C) groups is 1. The first-order valence-corrected chi connectivity index (χ1v) is 19.1. The summed E-state index contributed by atoms with van der Waals surface area (Å²) in [6, 6.07) is 53.5. The van der Waals surface area contributed by atoms with Crippen LogP contribution in [0.2, 0.25) is 0 Å². The Morgan fingerprint density at radius 3 is 2.06 bits per heavy atom. The second-order valence-corrected chi connectivity index (χ2v) is 14.9. The Morgan fingerprint density at radius 2 is 1.22 bits per heavy atom. The standard InChI is InChI=1S/C51H35N3/c1-2-35-37-18-8-9-20-39(37)47(34-26-24-32(25-27-34)31-14-4-3-5-15-31)52-51(35)54-44-22-12-10-19-38(44)42-30-43-40-29-28-33-16-6-7-17-36(33)48(40)53-45-23-13-11-21-41(45)46(49(43)53)50(42)54/h3-30,35,37H,2H2,1H3. The smallest absolute Gasteiger partial charge is 0.118 e. The molecule has 0 N–H and O–H groups in total. The predicted molar refractivity (Wildman–Crippen MR) is 229 cm³/mol. The monoisotopic (exact) mass is 689 g/mol. The van der Waals surface area contributed by atoms with Crippen LogP contribution in [0.4, 0.5) is 0 Å². The number of aromatic nitrogens is 2. The second kappa shape index (κ2) is 11.1. The highest BCUT2D eigenvalue weighted by atomic mass is 15.1. The SMILES string of the molecule is CCC1C(n2c3ccccc3c3cc4c5ccc6ccccc6c5n5c6ccccc6c(c32)c45)=NC(c2ccc(-c3ccccc3)cc2)=C2C=CC=CC21. The molecule has 2 atom stereocenters. The van der Waals surface area contributed by atoms with E-state index in [-0.39, 0.29) is 11.8 Å². The van der Waals surface area contributed by atoms with Gasteiger partial charge in [-0.15, -0.1) is 0 Å². The maximum atomic E-state index is 5.81. The number of hydrogen-bond donors (Lipinski definition) is 0. The Bertz CT molecular complexity index is 3290. The number of fused-ring (bicyclic) bond motifs is 13.